The molecule has 0 spiro atoms. The third-order valence-corrected chi connectivity index (χ3v) is 8.57. The van der Waals surface area contributed by atoms with Crippen molar-refractivity contribution < 1.29 is 28.3 Å². The molecule has 0 saturated carbocycles. The summed E-state index contributed by atoms with van der Waals surface area (Å²) in [5.74, 6) is 3.72. The van der Waals surface area contributed by atoms with Crippen molar-refractivity contribution >= 4 is 23.1 Å². The van der Waals surface area contributed by atoms with Crippen molar-refractivity contribution in [3.8, 4) is 45.3 Å². The molecule has 0 bridgehead atoms. The van der Waals surface area contributed by atoms with Crippen LogP contribution in [0.25, 0.3) is 22.3 Å². The van der Waals surface area contributed by atoms with E-state index in [0.717, 1.165) is 52.4 Å². The fraction of sp³-hybridized carbons (Fsp3) is 0.118. The largest absolute Gasteiger partial charge is 1.00 e. The molecule has 5 aromatic carbocycles. The Morgan fingerprint density at radius 2 is 1.58 bits per heavy atom. The predicted molar refractivity (Wildman–Crippen MR) is 148 cm³/mol. The van der Waals surface area contributed by atoms with Crippen molar-refractivity contribution in [2.45, 2.75) is 26.7 Å². The van der Waals surface area contributed by atoms with Gasteiger partial charge in [0.05, 0.1) is 0 Å². The molecule has 0 fully saturated rings. The predicted octanol–water partition coefficient (Wildman–Crippen LogP) is 2.78. The van der Waals surface area contributed by atoms with E-state index in [4.69, 9.17) is 9.47 Å². The maximum Gasteiger partial charge on any atom is 1.00 e. The van der Waals surface area contributed by atoms with E-state index in [2.05, 4.69) is 80.6 Å². The molecule has 3 heterocycles. The first-order valence-electron chi connectivity index (χ1n) is 13.0. The quantitative estimate of drug-likeness (QED) is 0.267. The van der Waals surface area contributed by atoms with Gasteiger partial charge in [-0.1, -0.05) is 54.3 Å². The number of hydrogen-bond acceptors (Lipinski definition) is 2. The van der Waals surface area contributed by atoms with Gasteiger partial charge in [0.2, 0.25) is 6.71 Å². The number of ether oxygens (including phenoxy) is 2. The van der Waals surface area contributed by atoms with Gasteiger partial charge in [0.15, 0.2) is 0 Å². The van der Waals surface area contributed by atoms with Gasteiger partial charge in [-0.3, -0.25) is 0 Å². The number of hydrogen-bond donors (Lipinski definition) is 0. The fourth-order valence-corrected chi connectivity index (χ4v) is 6.99. The minimum absolute atomic E-state index is 0. The van der Waals surface area contributed by atoms with Crippen LogP contribution in [-0.2, 0) is 12.8 Å². The summed E-state index contributed by atoms with van der Waals surface area (Å²) in [6.45, 7) is 4.39. The average Bonchev–Trinajstić information content (AvgIpc) is 3.26. The van der Waals surface area contributed by atoms with E-state index in [1.54, 1.807) is 0 Å². The van der Waals surface area contributed by atoms with E-state index in [1.165, 1.54) is 55.4 Å². The Balaban J connectivity index is 0.00000225. The van der Waals surface area contributed by atoms with Crippen LogP contribution in [0.15, 0.2) is 66.7 Å². The van der Waals surface area contributed by atoms with Crippen molar-refractivity contribution in [2.75, 3.05) is 0 Å². The second-order valence-corrected chi connectivity index (χ2v) is 10.8. The van der Waals surface area contributed by atoms with E-state index in [1.807, 2.05) is 12.1 Å². The van der Waals surface area contributed by atoms with Crippen molar-refractivity contribution in [1.29, 1.82) is 0 Å². The van der Waals surface area contributed by atoms with Gasteiger partial charge in [-0.25, -0.2) is 5.56 Å². The van der Waals surface area contributed by atoms with E-state index in [9.17, 15) is 0 Å². The molecule has 38 heavy (non-hydrogen) atoms. The molecule has 174 valence electrons. The molecule has 9 rings (SSSR count). The van der Waals surface area contributed by atoms with E-state index >= 15 is 0 Å². The minimum Gasteiger partial charge on any atom is -0.512 e. The van der Waals surface area contributed by atoms with E-state index in [-0.39, 0.29) is 25.6 Å². The molecule has 0 saturated heterocycles. The van der Waals surface area contributed by atoms with Gasteiger partial charge in [-0.15, -0.1) is 17.7 Å². The van der Waals surface area contributed by atoms with Gasteiger partial charge in [-0.2, -0.15) is 29.8 Å². The second kappa shape index (κ2) is 7.70. The Morgan fingerprint density at radius 1 is 0.711 bits per heavy atom. The monoisotopic (exact) mass is 479 g/mol. The second-order valence-electron chi connectivity index (χ2n) is 10.8. The summed E-state index contributed by atoms with van der Waals surface area (Å²) in [6.07, 6.45) is 1.80. The van der Waals surface area contributed by atoms with Gasteiger partial charge in [-0.05, 0) is 58.2 Å². The first kappa shape index (κ1) is 22.4. The molecule has 0 N–H and O–H groups in total. The fourth-order valence-electron chi connectivity index (χ4n) is 6.99. The molecule has 2 nitrogen and oxygen atoms in total. The standard InChI is InChI=1S/C34H21BO2.Li/c1-18-5-3-6-20(13-18)24-11-12-29-32-33(24)36-28-8-4-7-22-15-23-17-26-25-14-19(2)9-10-21(25)16-27(26)34(37-29)31(23)35(32)30(22)28;/h3-5,7-10,12-14,17H,15-16H2,1-2H3;/q-2;+1. The molecular weight excluding hydrogens is 458 g/mol. The SMILES string of the molecule is Cc1cc[c-]c(-c2[c-]cc3c4c2Oc2cccc5c2B4c2c(cc4c(c2O3)Cc2ccc(C)cc2-4)C5)c1.[Li+]. The maximum absolute atomic E-state index is 6.85. The Kier molecular flexibility index (Phi) is 4.53. The summed E-state index contributed by atoms with van der Waals surface area (Å²) < 4.78 is 13.5. The van der Waals surface area contributed by atoms with Crippen molar-refractivity contribution in [3.05, 3.63) is 112 Å². The van der Waals surface area contributed by atoms with Gasteiger partial charge in [0, 0.05) is 23.5 Å². The van der Waals surface area contributed by atoms with Gasteiger partial charge < -0.3 is 9.47 Å². The van der Waals surface area contributed by atoms with Gasteiger partial charge in [0.1, 0.15) is 11.5 Å². The number of aryl methyl sites for hydroxylation is 2. The van der Waals surface area contributed by atoms with Crippen molar-refractivity contribution in [1.82, 2.24) is 0 Å². The van der Waals surface area contributed by atoms with Crippen LogP contribution in [0.5, 0.6) is 23.0 Å². The first-order valence-corrected chi connectivity index (χ1v) is 13.0. The zero-order valence-corrected chi connectivity index (χ0v) is 21.7. The maximum atomic E-state index is 6.85. The van der Waals surface area contributed by atoms with Crippen LogP contribution in [0.3, 0.4) is 0 Å². The summed E-state index contributed by atoms with van der Waals surface area (Å²) in [5, 5.41) is 0. The summed E-state index contributed by atoms with van der Waals surface area (Å²) >= 11 is 0. The minimum atomic E-state index is 0. The van der Waals surface area contributed by atoms with Crippen LogP contribution in [0.2, 0.25) is 0 Å². The molecule has 1 aliphatic carbocycles. The Bertz CT molecular complexity index is 1870. The number of rotatable bonds is 1. The van der Waals surface area contributed by atoms with Gasteiger partial charge in [0.25, 0.3) is 0 Å². The van der Waals surface area contributed by atoms with E-state index in [0.29, 0.717) is 0 Å². The number of benzene rings is 5. The zero-order chi connectivity index (χ0) is 24.4. The smallest absolute Gasteiger partial charge is 0.512 e. The summed E-state index contributed by atoms with van der Waals surface area (Å²) in [7, 11) is 0. The Morgan fingerprint density at radius 3 is 2.47 bits per heavy atom. The summed E-state index contributed by atoms with van der Waals surface area (Å²) in [6, 6.07) is 30.9. The molecule has 0 aromatic heterocycles. The van der Waals surface area contributed by atoms with E-state index < -0.39 is 0 Å². The third-order valence-electron chi connectivity index (χ3n) is 8.57. The van der Waals surface area contributed by atoms with Crippen LogP contribution in [0.4, 0.5) is 0 Å². The van der Waals surface area contributed by atoms with Crippen LogP contribution < -0.4 is 44.7 Å². The number of fused-ring (bicyclic) bond motifs is 4. The molecule has 0 radical (unpaired) electrons. The molecular formula is C34H21BLiO2-. The Labute approximate surface area is 234 Å². The molecule has 4 heteroatoms. The van der Waals surface area contributed by atoms with Gasteiger partial charge >= 0.3 is 18.9 Å². The zero-order valence-electron chi connectivity index (χ0n) is 21.7. The molecule has 0 atom stereocenters. The van der Waals surface area contributed by atoms with Crippen molar-refractivity contribution in [2.24, 2.45) is 0 Å². The Hall–Kier alpha value is -3.64. The topological polar surface area (TPSA) is 18.5 Å². The third kappa shape index (κ3) is 2.81. The summed E-state index contributed by atoms with van der Waals surface area (Å²) in [4.78, 5) is 0. The van der Waals surface area contributed by atoms with Crippen LogP contribution in [0, 0.1) is 26.0 Å². The molecule has 0 unspecified atom stereocenters. The van der Waals surface area contributed by atoms with Crippen LogP contribution in [0.1, 0.15) is 33.4 Å². The molecule has 5 aromatic rings. The molecule has 3 aliphatic heterocycles. The van der Waals surface area contributed by atoms with Crippen molar-refractivity contribution in [3.63, 3.8) is 0 Å². The molecule has 4 aliphatic rings. The van der Waals surface area contributed by atoms with Crippen LogP contribution >= 0.6 is 0 Å². The molecule has 0 amide bonds. The summed E-state index contributed by atoms with van der Waals surface area (Å²) in [5.41, 5.74) is 16.3. The normalized spacial score (nSPS) is 14.0. The first-order chi connectivity index (χ1) is 18.1. The van der Waals surface area contributed by atoms with Crippen LogP contribution in [-0.4, -0.2) is 6.71 Å². The average molecular weight is 479 g/mol.